The molecule has 0 atom stereocenters. The molecule has 0 nitrogen and oxygen atoms in total. The highest BCUT2D eigenvalue weighted by molar-refractivity contribution is 7.47. The molecule has 0 aliphatic carbocycles. The molecule has 1 heteroatoms. The maximum atomic E-state index is 2.39. The van der Waals surface area contributed by atoms with Crippen molar-refractivity contribution in [1.82, 2.24) is 0 Å². The number of allylic oxidation sites excluding steroid dienone is 4. The second-order valence-corrected chi connectivity index (χ2v) is 4.64. The van der Waals surface area contributed by atoms with Crippen LogP contribution in [0, 0.1) is 0 Å². The van der Waals surface area contributed by atoms with Gasteiger partial charge in [0.25, 0.3) is 0 Å². The molecule has 0 aromatic carbocycles. The Morgan fingerprint density at radius 1 is 0.846 bits per heavy atom. The normalized spacial score (nSPS) is 14.5. The van der Waals surface area contributed by atoms with Gasteiger partial charge in [-0.1, -0.05) is 48.4 Å². The number of hydrogen-bond acceptors (Lipinski definition) is 0. The molecule has 0 heterocycles. The molecule has 0 spiro atoms. The summed E-state index contributed by atoms with van der Waals surface area (Å²) in [5, 5.41) is 3.26. The SMILES string of the molecule is CCC=C(CC)PC(=CCC)CC. The molecular formula is C12H23P. The van der Waals surface area contributed by atoms with E-state index in [1.165, 1.54) is 25.7 Å². The zero-order chi connectivity index (χ0) is 10.1. The van der Waals surface area contributed by atoms with Gasteiger partial charge >= 0.3 is 0 Å². The van der Waals surface area contributed by atoms with Crippen molar-refractivity contribution < 1.29 is 0 Å². The highest BCUT2D eigenvalue weighted by Gasteiger charge is 1.97. The molecule has 0 aromatic rings. The lowest BCUT2D eigenvalue weighted by molar-refractivity contribution is 1.12. The van der Waals surface area contributed by atoms with E-state index < -0.39 is 0 Å². The van der Waals surface area contributed by atoms with Gasteiger partial charge in [-0.2, -0.15) is 0 Å². The smallest absolute Gasteiger partial charge is 0.0306 e. The summed E-state index contributed by atoms with van der Waals surface area (Å²) in [6.07, 6.45) is 9.56. The molecule has 0 aliphatic rings. The second kappa shape index (κ2) is 8.51. The van der Waals surface area contributed by atoms with Crippen LogP contribution in [0.3, 0.4) is 0 Å². The van der Waals surface area contributed by atoms with Crippen LogP contribution in [0.5, 0.6) is 0 Å². The summed E-state index contributed by atoms with van der Waals surface area (Å²) in [5.41, 5.74) is 0. The molecule has 0 N–H and O–H groups in total. The van der Waals surface area contributed by atoms with Crippen LogP contribution in [-0.2, 0) is 0 Å². The van der Waals surface area contributed by atoms with Gasteiger partial charge < -0.3 is 0 Å². The van der Waals surface area contributed by atoms with E-state index in [0.717, 1.165) is 8.58 Å². The van der Waals surface area contributed by atoms with Crippen LogP contribution in [0.1, 0.15) is 53.4 Å². The van der Waals surface area contributed by atoms with E-state index in [2.05, 4.69) is 39.8 Å². The van der Waals surface area contributed by atoms with Gasteiger partial charge in [0.2, 0.25) is 0 Å². The third-order valence-electron chi connectivity index (χ3n) is 1.98. The average molecular weight is 198 g/mol. The number of rotatable bonds is 6. The molecule has 0 radical (unpaired) electrons. The Kier molecular flexibility index (Phi) is 8.45. The fraction of sp³-hybridized carbons (Fsp3) is 0.667. The lowest BCUT2D eigenvalue weighted by Gasteiger charge is -2.07. The Morgan fingerprint density at radius 2 is 1.23 bits per heavy atom. The molecule has 0 aliphatic heterocycles. The van der Waals surface area contributed by atoms with Crippen LogP contribution >= 0.6 is 8.58 Å². The minimum atomic E-state index is 0.950. The van der Waals surface area contributed by atoms with Crippen molar-refractivity contribution in [3.05, 3.63) is 22.8 Å². The van der Waals surface area contributed by atoms with E-state index in [0.29, 0.717) is 0 Å². The van der Waals surface area contributed by atoms with Crippen molar-refractivity contribution in [2.75, 3.05) is 0 Å². The third kappa shape index (κ3) is 6.05. The van der Waals surface area contributed by atoms with Crippen molar-refractivity contribution >= 4 is 8.58 Å². The largest absolute Gasteiger partial charge is 0.0811 e. The molecule has 0 fully saturated rings. The van der Waals surface area contributed by atoms with Gasteiger partial charge in [-0.3, -0.25) is 0 Å². The fourth-order valence-electron chi connectivity index (χ4n) is 1.27. The van der Waals surface area contributed by atoms with Crippen LogP contribution in [0.25, 0.3) is 0 Å². The first kappa shape index (κ1) is 12.9. The van der Waals surface area contributed by atoms with Crippen LogP contribution < -0.4 is 0 Å². The minimum absolute atomic E-state index is 0.950. The Balaban J connectivity index is 4.19. The summed E-state index contributed by atoms with van der Waals surface area (Å²) in [5.74, 6) is 0. The molecule has 13 heavy (non-hydrogen) atoms. The Bertz CT molecular complexity index is 158. The Hall–Kier alpha value is -0.0900. The minimum Gasteiger partial charge on any atom is -0.0811 e. The third-order valence-corrected chi connectivity index (χ3v) is 3.74. The van der Waals surface area contributed by atoms with E-state index in [1.807, 2.05) is 0 Å². The summed E-state index contributed by atoms with van der Waals surface area (Å²) in [6, 6.07) is 0. The highest BCUT2D eigenvalue weighted by atomic mass is 31.1. The quantitative estimate of drug-likeness (QED) is 0.522. The summed E-state index contributed by atoms with van der Waals surface area (Å²) < 4.78 is 0. The number of hydrogen-bond donors (Lipinski definition) is 0. The predicted molar refractivity (Wildman–Crippen MR) is 65.6 cm³/mol. The van der Waals surface area contributed by atoms with Crippen LogP contribution in [-0.4, -0.2) is 0 Å². The van der Waals surface area contributed by atoms with Crippen molar-refractivity contribution in [3.63, 3.8) is 0 Å². The Morgan fingerprint density at radius 3 is 1.46 bits per heavy atom. The summed E-state index contributed by atoms with van der Waals surface area (Å²) >= 11 is 0. The first-order valence-electron chi connectivity index (χ1n) is 5.43. The summed E-state index contributed by atoms with van der Waals surface area (Å²) in [7, 11) is 0.950. The maximum Gasteiger partial charge on any atom is -0.0306 e. The monoisotopic (exact) mass is 198 g/mol. The lowest BCUT2D eigenvalue weighted by atomic mass is 10.3. The molecule has 0 amide bonds. The van der Waals surface area contributed by atoms with Gasteiger partial charge in [0.05, 0.1) is 0 Å². The van der Waals surface area contributed by atoms with Gasteiger partial charge in [-0.05, 0) is 36.3 Å². The van der Waals surface area contributed by atoms with Gasteiger partial charge in [-0.25, -0.2) is 0 Å². The van der Waals surface area contributed by atoms with E-state index in [9.17, 15) is 0 Å². The molecule has 0 saturated heterocycles. The van der Waals surface area contributed by atoms with Crippen molar-refractivity contribution in [2.45, 2.75) is 53.4 Å². The van der Waals surface area contributed by atoms with E-state index in [1.54, 1.807) is 10.6 Å². The maximum absolute atomic E-state index is 2.39. The molecular weight excluding hydrogens is 175 g/mol. The molecule has 0 aromatic heterocycles. The van der Waals surface area contributed by atoms with E-state index in [-0.39, 0.29) is 0 Å². The first-order valence-corrected chi connectivity index (χ1v) is 6.43. The summed E-state index contributed by atoms with van der Waals surface area (Å²) in [6.45, 7) is 8.95. The summed E-state index contributed by atoms with van der Waals surface area (Å²) in [4.78, 5) is 0. The molecule has 0 bridgehead atoms. The van der Waals surface area contributed by atoms with Crippen molar-refractivity contribution in [3.8, 4) is 0 Å². The zero-order valence-corrected chi connectivity index (χ0v) is 10.5. The molecule has 0 rings (SSSR count). The standard InChI is InChI=1S/C12H23P/c1-5-9-11(7-3)13-12(8-4)10-6-2/h9-10,13H,5-8H2,1-4H3. The highest BCUT2D eigenvalue weighted by Crippen LogP contribution is 2.37. The van der Waals surface area contributed by atoms with E-state index in [4.69, 9.17) is 0 Å². The van der Waals surface area contributed by atoms with Gasteiger partial charge in [-0.15, -0.1) is 0 Å². The lowest BCUT2D eigenvalue weighted by Crippen LogP contribution is -1.76. The van der Waals surface area contributed by atoms with Crippen molar-refractivity contribution in [2.24, 2.45) is 0 Å². The average Bonchev–Trinajstić information content (AvgIpc) is 2.16. The van der Waals surface area contributed by atoms with Crippen LogP contribution in [0.2, 0.25) is 0 Å². The first-order chi connectivity index (χ1) is 6.28. The van der Waals surface area contributed by atoms with E-state index >= 15 is 0 Å². The van der Waals surface area contributed by atoms with Crippen LogP contribution in [0.4, 0.5) is 0 Å². The molecule has 0 unspecified atom stereocenters. The predicted octanol–water partition coefficient (Wildman–Crippen LogP) is 5.07. The van der Waals surface area contributed by atoms with Crippen molar-refractivity contribution in [1.29, 1.82) is 0 Å². The topological polar surface area (TPSA) is 0 Å². The second-order valence-electron chi connectivity index (χ2n) is 3.11. The zero-order valence-electron chi connectivity index (χ0n) is 9.48. The molecule has 76 valence electrons. The van der Waals surface area contributed by atoms with Crippen LogP contribution in [0.15, 0.2) is 22.8 Å². The van der Waals surface area contributed by atoms with Gasteiger partial charge in [0.1, 0.15) is 0 Å². The fourth-order valence-corrected chi connectivity index (χ4v) is 2.64. The Labute approximate surface area is 85.3 Å². The van der Waals surface area contributed by atoms with Gasteiger partial charge in [0.15, 0.2) is 0 Å². The molecule has 0 saturated carbocycles. The van der Waals surface area contributed by atoms with Gasteiger partial charge in [0, 0.05) is 0 Å².